The number of aryl methyl sites for hydroxylation is 1. The number of carbonyl (C=O) groups is 1. The second-order valence-corrected chi connectivity index (χ2v) is 5.93. The van der Waals surface area contributed by atoms with Gasteiger partial charge in [0, 0.05) is 26.9 Å². The molecule has 1 amide bonds. The summed E-state index contributed by atoms with van der Waals surface area (Å²) in [6.07, 6.45) is 1.38. The van der Waals surface area contributed by atoms with E-state index >= 15 is 0 Å². The zero-order chi connectivity index (χ0) is 18.8. The number of carbonyl (C=O) groups excluding carboxylic acids is 1. The van der Waals surface area contributed by atoms with Crippen LogP contribution >= 0.6 is 0 Å². The number of imidazole rings is 1. The van der Waals surface area contributed by atoms with Gasteiger partial charge in [0.15, 0.2) is 5.52 Å². The minimum atomic E-state index is -0.491. The number of fused-ring (bicyclic) bond motifs is 1. The summed E-state index contributed by atoms with van der Waals surface area (Å²) in [5.74, 6) is -0.299. The topological polar surface area (TPSA) is 100 Å². The van der Waals surface area contributed by atoms with Gasteiger partial charge < -0.3 is 14.6 Å². The lowest BCUT2D eigenvalue weighted by Gasteiger charge is -2.10. The second-order valence-electron chi connectivity index (χ2n) is 5.93. The van der Waals surface area contributed by atoms with Crippen LogP contribution in [0.3, 0.4) is 0 Å². The molecule has 0 fully saturated rings. The molecule has 0 saturated carbocycles. The lowest BCUT2D eigenvalue weighted by Crippen LogP contribution is -2.37. The first-order valence-corrected chi connectivity index (χ1v) is 7.91. The van der Waals surface area contributed by atoms with Crippen molar-refractivity contribution in [3.05, 3.63) is 57.0 Å². The number of nitrogens with zero attached hydrogens (tertiary/aromatic N) is 4. The normalized spacial score (nSPS) is 11.0. The van der Waals surface area contributed by atoms with Crippen LogP contribution in [0.1, 0.15) is 5.56 Å². The Bertz CT molecular complexity index is 1090. The van der Waals surface area contributed by atoms with Crippen LogP contribution in [-0.2, 0) is 36.8 Å². The standard InChI is InChI=1S/C17H19N5O4/c1-20-15-14(16(24)21(2)17(20)25)18-10-22(15)8-13(23)19-12-6-4-5-11(7-12)9-26-3/h4-7,10H,8-9H2,1-3H3,(H,19,23). The maximum atomic E-state index is 12.4. The Morgan fingerprint density at radius 2 is 2.00 bits per heavy atom. The molecular formula is C17H19N5O4. The smallest absolute Gasteiger partial charge is 0.332 e. The summed E-state index contributed by atoms with van der Waals surface area (Å²) in [5.41, 5.74) is 1.06. The van der Waals surface area contributed by atoms with Crippen molar-refractivity contribution < 1.29 is 9.53 Å². The van der Waals surface area contributed by atoms with Crippen molar-refractivity contribution in [3.63, 3.8) is 0 Å². The predicted octanol–water partition coefficient (Wildman–Crippen LogP) is 0.219. The second kappa shape index (κ2) is 6.96. The minimum absolute atomic E-state index is 0.0779. The van der Waals surface area contributed by atoms with Crippen LogP contribution in [0.2, 0.25) is 0 Å². The van der Waals surface area contributed by atoms with Gasteiger partial charge in [0.1, 0.15) is 12.2 Å². The third kappa shape index (κ3) is 3.16. The van der Waals surface area contributed by atoms with Crippen molar-refractivity contribution in [1.29, 1.82) is 0 Å². The number of methoxy groups -OCH3 is 1. The maximum Gasteiger partial charge on any atom is 0.332 e. The number of rotatable bonds is 5. The van der Waals surface area contributed by atoms with Crippen molar-refractivity contribution in [2.24, 2.45) is 14.1 Å². The lowest BCUT2D eigenvalue weighted by atomic mass is 10.2. The Labute approximate surface area is 148 Å². The number of hydrogen-bond donors (Lipinski definition) is 1. The van der Waals surface area contributed by atoms with E-state index in [-0.39, 0.29) is 18.0 Å². The summed E-state index contributed by atoms with van der Waals surface area (Å²) in [7, 11) is 4.53. The van der Waals surface area contributed by atoms with E-state index < -0.39 is 11.2 Å². The first-order valence-electron chi connectivity index (χ1n) is 7.91. The molecule has 1 aromatic carbocycles. The Kier molecular flexibility index (Phi) is 4.72. The third-order valence-corrected chi connectivity index (χ3v) is 4.04. The average Bonchev–Trinajstić information content (AvgIpc) is 3.02. The molecule has 0 atom stereocenters. The summed E-state index contributed by atoms with van der Waals surface area (Å²) in [6.45, 7) is 0.368. The highest BCUT2D eigenvalue weighted by Crippen LogP contribution is 2.12. The fourth-order valence-electron chi connectivity index (χ4n) is 2.82. The summed E-state index contributed by atoms with van der Waals surface area (Å²) in [4.78, 5) is 40.7. The lowest BCUT2D eigenvalue weighted by molar-refractivity contribution is -0.116. The molecule has 3 rings (SSSR count). The molecule has 3 aromatic rings. The van der Waals surface area contributed by atoms with E-state index in [2.05, 4.69) is 10.3 Å². The molecule has 26 heavy (non-hydrogen) atoms. The van der Waals surface area contributed by atoms with E-state index in [0.717, 1.165) is 10.1 Å². The Balaban J connectivity index is 1.88. The van der Waals surface area contributed by atoms with Gasteiger partial charge in [0.05, 0.1) is 12.9 Å². The van der Waals surface area contributed by atoms with Gasteiger partial charge in [-0.3, -0.25) is 18.7 Å². The number of anilines is 1. The van der Waals surface area contributed by atoms with Gasteiger partial charge in [-0.1, -0.05) is 12.1 Å². The van der Waals surface area contributed by atoms with E-state index in [0.29, 0.717) is 17.9 Å². The number of amides is 1. The summed E-state index contributed by atoms with van der Waals surface area (Å²) >= 11 is 0. The number of ether oxygens (including phenoxy) is 1. The molecule has 0 spiro atoms. The molecule has 9 nitrogen and oxygen atoms in total. The molecule has 136 valence electrons. The molecule has 0 radical (unpaired) electrons. The van der Waals surface area contributed by atoms with Crippen molar-refractivity contribution in [2.75, 3.05) is 12.4 Å². The highest BCUT2D eigenvalue weighted by molar-refractivity contribution is 5.91. The van der Waals surface area contributed by atoms with Crippen molar-refractivity contribution in [1.82, 2.24) is 18.7 Å². The third-order valence-electron chi connectivity index (χ3n) is 4.04. The molecule has 0 aliphatic heterocycles. The molecule has 0 aliphatic carbocycles. The van der Waals surface area contributed by atoms with Gasteiger partial charge in [0.2, 0.25) is 5.91 Å². The quantitative estimate of drug-likeness (QED) is 0.704. The van der Waals surface area contributed by atoms with Crippen molar-refractivity contribution in [2.45, 2.75) is 13.2 Å². The first-order chi connectivity index (χ1) is 12.4. The van der Waals surface area contributed by atoms with Crippen LogP contribution in [-0.4, -0.2) is 31.7 Å². The molecule has 9 heteroatoms. The number of hydrogen-bond acceptors (Lipinski definition) is 5. The maximum absolute atomic E-state index is 12.4. The van der Waals surface area contributed by atoms with Crippen molar-refractivity contribution in [3.8, 4) is 0 Å². The Morgan fingerprint density at radius 1 is 1.23 bits per heavy atom. The van der Waals surface area contributed by atoms with Crippen LogP contribution in [0.4, 0.5) is 5.69 Å². The van der Waals surface area contributed by atoms with Crippen LogP contribution in [0.15, 0.2) is 40.2 Å². The molecule has 2 heterocycles. The zero-order valence-electron chi connectivity index (χ0n) is 14.7. The molecule has 0 unspecified atom stereocenters. The van der Waals surface area contributed by atoms with Gasteiger partial charge >= 0.3 is 5.69 Å². The highest BCUT2D eigenvalue weighted by Gasteiger charge is 2.15. The van der Waals surface area contributed by atoms with Crippen LogP contribution in [0.5, 0.6) is 0 Å². The molecule has 1 N–H and O–H groups in total. The molecule has 0 saturated heterocycles. The fourth-order valence-corrected chi connectivity index (χ4v) is 2.82. The number of nitrogens with one attached hydrogen (secondary N) is 1. The van der Waals surface area contributed by atoms with Crippen LogP contribution in [0, 0.1) is 0 Å². The van der Waals surface area contributed by atoms with Gasteiger partial charge in [-0.2, -0.15) is 0 Å². The Hall–Kier alpha value is -3.20. The number of benzene rings is 1. The number of aromatic nitrogens is 4. The monoisotopic (exact) mass is 357 g/mol. The van der Waals surface area contributed by atoms with Crippen LogP contribution < -0.4 is 16.6 Å². The first kappa shape index (κ1) is 17.6. The van der Waals surface area contributed by atoms with E-state index in [4.69, 9.17) is 4.74 Å². The van der Waals surface area contributed by atoms with E-state index in [1.807, 2.05) is 18.2 Å². The summed E-state index contributed by atoms with van der Waals surface area (Å²) in [5, 5.41) is 2.79. The molecule has 0 aliphatic rings. The van der Waals surface area contributed by atoms with Gasteiger partial charge in [-0.25, -0.2) is 9.78 Å². The average molecular weight is 357 g/mol. The zero-order valence-corrected chi connectivity index (χ0v) is 14.7. The Morgan fingerprint density at radius 3 is 2.73 bits per heavy atom. The van der Waals surface area contributed by atoms with Crippen LogP contribution in [0.25, 0.3) is 11.2 Å². The van der Waals surface area contributed by atoms with Gasteiger partial charge in [-0.05, 0) is 17.7 Å². The molecule has 0 bridgehead atoms. The molecular weight excluding hydrogens is 338 g/mol. The summed E-state index contributed by atoms with van der Waals surface area (Å²) in [6, 6.07) is 7.31. The highest BCUT2D eigenvalue weighted by atomic mass is 16.5. The minimum Gasteiger partial charge on any atom is -0.380 e. The van der Waals surface area contributed by atoms with E-state index in [9.17, 15) is 14.4 Å². The predicted molar refractivity (Wildman–Crippen MR) is 96.0 cm³/mol. The fraction of sp³-hybridized carbons (Fsp3) is 0.294. The SMILES string of the molecule is COCc1cccc(NC(=O)Cn2cnc3c(=O)n(C)c(=O)n(C)c32)c1. The molecule has 2 aromatic heterocycles. The largest absolute Gasteiger partial charge is 0.380 e. The summed E-state index contributed by atoms with van der Waals surface area (Å²) < 4.78 is 8.85. The van der Waals surface area contributed by atoms with Gasteiger partial charge in [-0.15, -0.1) is 0 Å². The van der Waals surface area contributed by atoms with Crippen molar-refractivity contribution >= 4 is 22.8 Å². The van der Waals surface area contributed by atoms with E-state index in [1.54, 1.807) is 13.2 Å². The van der Waals surface area contributed by atoms with Gasteiger partial charge in [0.25, 0.3) is 5.56 Å². The van der Waals surface area contributed by atoms with E-state index in [1.165, 1.54) is 29.6 Å².